The number of fused-ring (bicyclic) bond motifs is 5. The Morgan fingerprint density at radius 2 is 1.70 bits per heavy atom. The number of aryl methyl sites for hydroxylation is 3. The second kappa shape index (κ2) is 7.01. The van der Waals surface area contributed by atoms with Crippen LogP contribution in [0.3, 0.4) is 0 Å². The number of hydrogen-bond donors (Lipinski definition) is 0. The largest absolute Gasteiger partial charge is 0.306 e. The number of aromatic nitrogens is 3. The van der Waals surface area contributed by atoms with Gasteiger partial charge < -0.3 is 4.40 Å². The Morgan fingerprint density at radius 1 is 0.939 bits per heavy atom. The van der Waals surface area contributed by atoms with Crippen LogP contribution >= 0.6 is 0 Å². The lowest BCUT2D eigenvalue weighted by Gasteiger charge is -2.29. The van der Waals surface area contributed by atoms with Crippen LogP contribution in [0.4, 0.5) is 0 Å². The van der Waals surface area contributed by atoms with Crippen molar-refractivity contribution in [2.24, 2.45) is 7.05 Å². The highest BCUT2D eigenvalue weighted by atomic mass is 28.3. The van der Waals surface area contributed by atoms with Crippen LogP contribution in [0.1, 0.15) is 31.9 Å². The number of hydrogen-bond acceptors (Lipinski definition) is 1. The molecule has 0 aliphatic heterocycles. The summed E-state index contributed by atoms with van der Waals surface area (Å²) in [7, 11) is 0.652. The first kappa shape index (κ1) is 20.6. The van der Waals surface area contributed by atoms with E-state index in [2.05, 4.69) is 93.2 Å². The van der Waals surface area contributed by atoms with Crippen molar-refractivity contribution in [3.8, 4) is 0 Å². The van der Waals surface area contributed by atoms with Gasteiger partial charge in [-0.3, -0.25) is 4.98 Å². The number of benzene rings is 2. The van der Waals surface area contributed by atoms with Crippen molar-refractivity contribution < 1.29 is 4.57 Å². The molecule has 6 rings (SSSR count). The predicted molar refractivity (Wildman–Crippen MR) is 144 cm³/mol. The molecule has 0 fully saturated rings. The summed E-state index contributed by atoms with van der Waals surface area (Å²) in [6, 6.07) is 17.9. The molecule has 3 nitrogen and oxygen atoms in total. The molecule has 0 aliphatic carbocycles. The first-order chi connectivity index (χ1) is 16.0. The first-order valence-electron chi connectivity index (χ1n) is 12.3. The molecule has 0 bridgehead atoms. The van der Waals surface area contributed by atoms with Crippen molar-refractivity contribution in [3.05, 3.63) is 59.9 Å². The van der Waals surface area contributed by atoms with Crippen LogP contribution in [0.5, 0.6) is 0 Å². The van der Waals surface area contributed by atoms with Crippen LogP contribution in [0.25, 0.3) is 49.1 Å². The molecule has 2 aromatic carbocycles. The summed E-state index contributed by atoms with van der Waals surface area (Å²) in [6.45, 7) is 11.7. The van der Waals surface area contributed by atoms with E-state index in [1.807, 2.05) is 6.20 Å². The fourth-order valence-corrected chi connectivity index (χ4v) is 10.0. The molecule has 33 heavy (non-hydrogen) atoms. The minimum atomic E-state index is -1.54. The van der Waals surface area contributed by atoms with Gasteiger partial charge in [-0.25, -0.2) is 4.57 Å². The molecule has 4 heterocycles. The fraction of sp³-hybridized carbons (Fsp3) is 0.310. The van der Waals surface area contributed by atoms with Gasteiger partial charge in [-0.05, 0) is 54.6 Å². The highest BCUT2D eigenvalue weighted by molar-refractivity contribution is 6.92. The quantitative estimate of drug-likeness (QED) is 0.129. The summed E-state index contributed by atoms with van der Waals surface area (Å²) in [5.74, 6) is 0. The van der Waals surface area contributed by atoms with Crippen LogP contribution in [-0.2, 0) is 7.05 Å². The van der Waals surface area contributed by atoms with Gasteiger partial charge in [0.1, 0.15) is 7.05 Å². The minimum Gasteiger partial charge on any atom is -0.306 e. The van der Waals surface area contributed by atoms with Crippen molar-refractivity contribution in [2.45, 2.75) is 52.8 Å². The molecule has 0 radical (unpaired) electrons. The Balaban J connectivity index is 2.00. The second-order valence-electron chi connectivity index (χ2n) is 9.87. The average molecular weight is 451 g/mol. The fourth-order valence-electron chi connectivity index (χ4n) is 6.39. The van der Waals surface area contributed by atoms with E-state index >= 15 is 0 Å². The average Bonchev–Trinajstić information content (AvgIpc) is 3.16. The van der Waals surface area contributed by atoms with Crippen LogP contribution in [0, 0.1) is 13.8 Å². The summed E-state index contributed by atoms with van der Waals surface area (Å²) >= 11 is 0. The summed E-state index contributed by atoms with van der Waals surface area (Å²) in [5.41, 5.74) is 9.01. The Kier molecular flexibility index (Phi) is 4.38. The molecule has 4 aromatic heterocycles. The third kappa shape index (κ3) is 2.50. The molecular formula is C29H32N3Si+. The van der Waals surface area contributed by atoms with Gasteiger partial charge in [0, 0.05) is 17.6 Å². The topological polar surface area (TPSA) is 21.2 Å². The van der Waals surface area contributed by atoms with E-state index < -0.39 is 8.07 Å². The van der Waals surface area contributed by atoms with Crippen LogP contribution in [0.15, 0.2) is 48.8 Å². The van der Waals surface area contributed by atoms with Crippen molar-refractivity contribution >= 4 is 62.4 Å². The van der Waals surface area contributed by atoms with E-state index in [-0.39, 0.29) is 0 Å². The van der Waals surface area contributed by atoms with Gasteiger partial charge >= 0.3 is 0 Å². The van der Waals surface area contributed by atoms with E-state index in [9.17, 15) is 0 Å². The molecule has 0 N–H and O–H groups in total. The number of nitrogens with zero attached hydrogens (tertiary/aromatic N) is 3. The van der Waals surface area contributed by atoms with Crippen LogP contribution in [0.2, 0.25) is 18.1 Å². The zero-order valence-electron chi connectivity index (χ0n) is 20.6. The molecule has 0 atom stereocenters. The summed E-state index contributed by atoms with van der Waals surface area (Å²) in [5, 5.41) is 6.97. The Bertz CT molecular complexity index is 1700. The smallest absolute Gasteiger partial charge is 0.224 e. The molecule has 4 heteroatoms. The van der Waals surface area contributed by atoms with E-state index in [0.29, 0.717) is 0 Å². The maximum atomic E-state index is 4.87. The summed E-state index contributed by atoms with van der Waals surface area (Å²) in [6.07, 6.45) is 4.18. The normalized spacial score (nSPS) is 12.9. The van der Waals surface area contributed by atoms with Crippen molar-refractivity contribution in [3.63, 3.8) is 0 Å². The Hall–Kier alpha value is -2.98. The second-order valence-corrected chi connectivity index (χ2v) is 15.1. The molecule has 0 aliphatic rings. The maximum Gasteiger partial charge on any atom is 0.224 e. The third-order valence-electron chi connectivity index (χ3n) is 8.66. The molecule has 0 spiro atoms. The van der Waals surface area contributed by atoms with E-state index in [4.69, 9.17) is 4.98 Å². The monoisotopic (exact) mass is 450 g/mol. The molecule has 6 aromatic rings. The lowest BCUT2D eigenvalue weighted by Crippen LogP contribution is -2.45. The molecule has 0 amide bonds. The van der Waals surface area contributed by atoms with E-state index in [1.54, 1.807) is 5.19 Å². The van der Waals surface area contributed by atoms with Crippen LogP contribution in [-0.4, -0.2) is 17.5 Å². The van der Waals surface area contributed by atoms with Gasteiger partial charge in [-0.15, -0.1) is 0 Å². The van der Waals surface area contributed by atoms with Gasteiger partial charge in [0.05, 0.1) is 40.9 Å². The van der Waals surface area contributed by atoms with Crippen molar-refractivity contribution in [1.29, 1.82) is 0 Å². The third-order valence-corrected chi connectivity index (χ3v) is 14.2. The van der Waals surface area contributed by atoms with Gasteiger partial charge in [0.2, 0.25) is 5.52 Å². The van der Waals surface area contributed by atoms with Crippen molar-refractivity contribution in [2.75, 3.05) is 0 Å². The molecular weight excluding hydrogens is 418 g/mol. The molecule has 0 saturated heterocycles. The molecule has 166 valence electrons. The molecule has 0 unspecified atom stereocenters. The van der Waals surface area contributed by atoms with Gasteiger partial charge in [-0.1, -0.05) is 50.2 Å². The molecule has 0 saturated carbocycles. The lowest BCUT2D eigenvalue weighted by atomic mass is 9.97. The predicted octanol–water partition coefficient (Wildman–Crippen LogP) is 6.54. The highest BCUT2D eigenvalue weighted by Gasteiger charge is 2.32. The van der Waals surface area contributed by atoms with Crippen molar-refractivity contribution in [1.82, 2.24) is 9.38 Å². The van der Waals surface area contributed by atoms with Gasteiger partial charge in [-0.2, -0.15) is 0 Å². The number of rotatable bonds is 4. The van der Waals surface area contributed by atoms with Crippen LogP contribution < -0.4 is 9.75 Å². The first-order valence-corrected chi connectivity index (χ1v) is 14.9. The summed E-state index contributed by atoms with van der Waals surface area (Å²) in [4.78, 5) is 4.87. The van der Waals surface area contributed by atoms with E-state index in [0.717, 1.165) is 5.52 Å². The standard InChI is InChI=1S/C29H32N3Si/c1-7-33(8-2,9-3)21-16-20-12-14-31(6)29-25-19(5)18(4)15-22-27-23(11-10-13-30-27)32(28(22)25)24(17-21)26(20)29/h10-17H,7-9H2,1-6H3/q+1. The van der Waals surface area contributed by atoms with E-state index in [1.165, 1.54) is 72.9 Å². The Morgan fingerprint density at radius 3 is 2.42 bits per heavy atom. The zero-order chi connectivity index (χ0) is 23.1. The highest BCUT2D eigenvalue weighted by Crippen LogP contribution is 2.41. The lowest BCUT2D eigenvalue weighted by molar-refractivity contribution is -0.643. The maximum absolute atomic E-state index is 4.87. The Labute approximate surface area is 196 Å². The zero-order valence-corrected chi connectivity index (χ0v) is 21.6. The number of pyridine rings is 3. The SMILES string of the molecule is CC[Si](CC)(CC)c1cc2cc[n+](C)c3c4c(C)c(C)cc5c6ncccc6n(c(c1)c23)c54. The van der Waals surface area contributed by atoms with Gasteiger partial charge in [0.15, 0.2) is 6.20 Å². The summed E-state index contributed by atoms with van der Waals surface area (Å²) < 4.78 is 4.85. The van der Waals surface area contributed by atoms with Gasteiger partial charge in [0.25, 0.3) is 0 Å². The minimum absolute atomic E-state index is 1.11.